The predicted molar refractivity (Wildman–Crippen MR) is 77.9 cm³/mol. The van der Waals surface area contributed by atoms with Gasteiger partial charge in [-0.2, -0.15) is 4.98 Å². The van der Waals surface area contributed by atoms with Gasteiger partial charge in [-0.1, -0.05) is 6.07 Å². The number of halogens is 2. The van der Waals surface area contributed by atoms with Gasteiger partial charge >= 0.3 is 0 Å². The number of aromatic nitrogens is 2. The standard InChI is InChI=1S/C12H10BrClN4O/c1-15-11(19)7-3-2-4-8(5-7)17-10-9(13)6-16-12(14)18-10/h2-6H,1H3,(H,15,19)(H,16,17,18). The van der Waals surface area contributed by atoms with Gasteiger partial charge < -0.3 is 10.6 Å². The smallest absolute Gasteiger partial charge is 0.251 e. The van der Waals surface area contributed by atoms with E-state index in [1.54, 1.807) is 31.4 Å². The fourth-order valence-electron chi connectivity index (χ4n) is 1.45. The molecule has 19 heavy (non-hydrogen) atoms. The average molecular weight is 342 g/mol. The fourth-order valence-corrected chi connectivity index (χ4v) is 1.88. The summed E-state index contributed by atoms with van der Waals surface area (Å²) in [5.41, 5.74) is 1.29. The Labute approximate surface area is 123 Å². The summed E-state index contributed by atoms with van der Waals surface area (Å²) >= 11 is 9.06. The van der Waals surface area contributed by atoms with Gasteiger partial charge in [0.05, 0.1) is 4.47 Å². The first-order valence-electron chi connectivity index (χ1n) is 5.37. The molecule has 98 valence electrons. The molecule has 1 aromatic carbocycles. The SMILES string of the molecule is CNC(=O)c1cccc(Nc2nc(Cl)ncc2Br)c1. The summed E-state index contributed by atoms with van der Waals surface area (Å²) in [5, 5.41) is 5.79. The second kappa shape index (κ2) is 5.99. The maximum Gasteiger partial charge on any atom is 0.251 e. The number of nitrogens with zero attached hydrogens (tertiary/aromatic N) is 2. The number of amides is 1. The van der Waals surface area contributed by atoms with Crippen LogP contribution in [0.3, 0.4) is 0 Å². The van der Waals surface area contributed by atoms with Gasteiger partial charge in [0, 0.05) is 24.5 Å². The molecule has 0 atom stereocenters. The van der Waals surface area contributed by atoms with Crippen LogP contribution in [0, 0.1) is 0 Å². The van der Waals surface area contributed by atoms with Gasteiger partial charge in [0.1, 0.15) is 5.82 Å². The van der Waals surface area contributed by atoms with E-state index in [0.717, 1.165) is 5.69 Å². The van der Waals surface area contributed by atoms with Crippen LogP contribution in [0.4, 0.5) is 11.5 Å². The summed E-state index contributed by atoms with van der Waals surface area (Å²) in [4.78, 5) is 19.4. The van der Waals surface area contributed by atoms with Crippen molar-refractivity contribution in [2.75, 3.05) is 12.4 Å². The van der Waals surface area contributed by atoms with Gasteiger partial charge in [0.2, 0.25) is 5.28 Å². The molecule has 0 aliphatic heterocycles. The Hall–Kier alpha value is -1.66. The zero-order valence-electron chi connectivity index (χ0n) is 9.95. The van der Waals surface area contributed by atoms with E-state index in [1.807, 2.05) is 6.07 Å². The summed E-state index contributed by atoms with van der Waals surface area (Å²) in [7, 11) is 1.59. The molecule has 2 rings (SSSR count). The maximum atomic E-state index is 11.5. The van der Waals surface area contributed by atoms with E-state index in [4.69, 9.17) is 11.6 Å². The first-order chi connectivity index (χ1) is 9.10. The molecule has 1 aromatic heterocycles. The van der Waals surface area contributed by atoms with Crippen LogP contribution in [0.1, 0.15) is 10.4 Å². The molecule has 0 aliphatic carbocycles. The average Bonchev–Trinajstić information content (AvgIpc) is 2.42. The van der Waals surface area contributed by atoms with Gasteiger partial charge in [0.15, 0.2) is 0 Å². The topological polar surface area (TPSA) is 66.9 Å². The minimum atomic E-state index is -0.150. The van der Waals surface area contributed by atoms with Crippen LogP contribution in [0.5, 0.6) is 0 Å². The zero-order chi connectivity index (χ0) is 13.8. The van der Waals surface area contributed by atoms with Crippen LogP contribution >= 0.6 is 27.5 Å². The Morgan fingerprint density at radius 3 is 2.95 bits per heavy atom. The summed E-state index contributed by atoms with van der Waals surface area (Å²) < 4.78 is 0.683. The largest absolute Gasteiger partial charge is 0.355 e. The minimum absolute atomic E-state index is 0.146. The number of rotatable bonds is 3. The molecule has 0 fully saturated rings. The number of hydrogen-bond acceptors (Lipinski definition) is 4. The van der Waals surface area contributed by atoms with Crippen molar-refractivity contribution in [3.63, 3.8) is 0 Å². The van der Waals surface area contributed by atoms with Crippen molar-refractivity contribution < 1.29 is 4.79 Å². The lowest BCUT2D eigenvalue weighted by molar-refractivity contribution is 0.0963. The Bertz CT molecular complexity index is 620. The van der Waals surface area contributed by atoms with E-state index < -0.39 is 0 Å². The van der Waals surface area contributed by atoms with Crippen molar-refractivity contribution in [2.45, 2.75) is 0 Å². The highest BCUT2D eigenvalue weighted by Crippen LogP contribution is 2.24. The van der Waals surface area contributed by atoms with Crippen molar-refractivity contribution in [1.29, 1.82) is 0 Å². The lowest BCUT2D eigenvalue weighted by atomic mass is 10.2. The van der Waals surface area contributed by atoms with Crippen molar-refractivity contribution in [3.8, 4) is 0 Å². The third-order valence-corrected chi connectivity index (χ3v) is 3.09. The lowest BCUT2D eigenvalue weighted by Crippen LogP contribution is -2.17. The Balaban J connectivity index is 2.28. The van der Waals surface area contributed by atoms with Gasteiger partial charge in [-0.3, -0.25) is 4.79 Å². The molecule has 0 bridgehead atoms. The molecule has 0 aliphatic rings. The maximum absolute atomic E-state index is 11.5. The number of benzene rings is 1. The highest BCUT2D eigenvalue weighted by Gasteiger charge is 2.07. The highest BCUT2D eigenvalue weighted by atomic mass is 79.9. The molecule has 0 unspecified atom stereocenters. The van der Waals surface area contributed by atoms with Crippen LogP contribution in [0.25, 0.3) is 0 Å². The lowest BCUT2D eigenvalue weighted by Gasteiger charge is -2.08. The van der Waals surface area contributed by atoms with Gasteiger partial charge in [-0.15, -0.1) is 0 Å². The molecule has 2 N–H and O–H groups in total. The van der Waals surface area contributed by atoms with E-state index in [0.29, 0.717) is 15.9 Å². The monoisotopic (exact) mass is 340 g/mol. The molecule has 2 aromatic rings. The van der Waals surface area contributed by atoms with E-state index in [9.17, 15) is 4.79 Å². The molecule has 1 heterocycles. The van der Waals surface area contributed by atoms with Gasteiger partial charge in [-0.25, -0.2) is 4.98 Å². The highest BCUT2D eigenvalue weighted by molar-refractivity contribution is 9.10. The predicted octanol–water partition coefficient (Wildman–Crippen LogP) is 3.00. The quantitative estimate of drug-likeness (QED) is 0.842. The molecule has 0 saturated heterocycles. The van der Waals surface area contributed by atoms with Crippen LogP contribution in [0.15, 0.2) is 34.9 Å². The second-order valence-corrected chi connectivity index (χ2v) is 4.81. The van der Waals surface area contributed by atoms with Crippen molar-refractivity contribution in [1.82, 2.24) is 15.3 Å². The summed E-state index contributed by atoms with van der Waals surface area (Å²) in [6.45, 7) is 0. The molecular weight excluding hydrogens is 332 g/mol. The molecule has 0 spiro atoms. The number of hydrogen-bond donors (Lipinski definition) is 2. The molecular formula is C12H10BrClN4O. The Morgan fingerprint density at radius 1 is 1.42 bits per heavy atom. The minimum Gasteiger partial charge on any atom is -0.355 e. The number of carbonyl (C=O) groups excluding carboxylic acids is 1. The van der Waals surface area contributed by atoms with Gasteiger partial charge in [-0.05, 0) is 45.7 Å². The van der Waals surface area contributed by atoms with E-state index >= 15 is 0 Å². The van der Waals surface area contributed by atoms with Crippen molar-refractivity contribution >= 4 is 44.9 Å². The molecule has 0 radical (unpaired) electrons. The molecule has 1 amide bonds. The van der Waals surface area contributed by atoms with E-state index in [-0.39, 0.29) is 11.2 Å². The Kier molecular flexibility index (Phi) is 4.34. The van der Waals surface area contributed by atoms with Crippen LogP contribution < -0.4 is 10.6 Å². The molecule has 7 heteroatoms. The van der Waals surface area contributed by atoms with Crippen LogP contribution in [-0.4, -0.2) is 22.9 Å². The third-order valence-electron chi connectivity index (χ3n) is 2.33. The van der Waals surface area contributed by atoms with E-state index in [2.05, 4.69) is 36.5 Å². The zero-order valence-corrected chi connectivity index (χ0v) is 12.3. The number of anilines is 2. The first-order valence-corrected chi connectivity index (χ1v) is 6.54. The number of nitrogens with one attached hydrogen (secondary N) is 2. The van der Waals surface area contributed by atoms with E-state index in [1.165, 1.54) is 0 Å². The molecule has 5 nitrogen and oxygen atoms in total. The van der Waals surface area contributed by atoms with Crippen LogP contribution in [0.2, 0.25) is 5.28 Å². The third kappa shape index (κ3) is 3.42. The molecule has 0 saturated carbocycles. The normalized spacial score (nSPS) is 10.1. The summed E-state index contributed by atoms with van der Waals surface area (Å²) in [6, 6.07) is 7.06. The van der Waals surface area contributed by atoms with Crippen LogP contribution in [-0.2, 0) is 0 Å². The summed E-state index contributed by atoms with van der Waals surface area (Å²) in [5.74, 6) is 0.387. The van der Waals surface area contributed by atoms with Crippen molar-refractivity contribution in [2.24, 2.45) is 0 Å². The summed E-state index contributed by atoms with van der Waals surface area (Å²) in [6.07, 6.45) is 1.56. The second-order valence-electron chi connectivity index (χ2n) is 3.62. The first kappa shape index (κ1) is 13.8. The van der Waals surface area contributed by atoms with Gasteiger partial charge in [0.25, 0.3) is 5.91 Å². The Morgan fingerprint density at radius 2 is 2.21 bits per heavy atom. The fraction of sp³-hybridized carbons (Fsp3) is 0.0833. The number of carbonyl (C=O) groups is 1. The van der Waals surface area contributed by atoms with Crippen molar-refractivity contribution in [3.05, 3.63) is 45.8 Å².